The minimum absolute atomic E-state index is 0.593. The van der Waals surface area contributed by atoms with Gasteiger partial charge in [0.2, 0.25) is 0 Å². The molecule has 1 aliphatic rings. The highest BCUT2D eigenvalue weighted by molar-refractivity contribution is 4.75. The Morgan fingerprint density at radius 1 is 1.28 bits per heavy atom. The summed E-state index contributed by atoms with van der Waals surface area (Å²) in [7, 11) is 0. The first-order valence-corrected chi connectivity index (χ1v) is 7.87. The molecule has 0 amide bonds. The molecule has 1 rings (SSSR count). The van der Waals surface area contributed by atoms with Crippen molar-refractivity contribution < 1.29 is 4.74 Å². The topological polar surface area (TPSA) is 33.3 Å². The van der Waals surface area contributed by atoms with Crippen LogP contribution in [0.15, 0.2) is 0 Å². The van der Waals surface area contributed by atoms with Crippen LogP contribution in [0.5, 0.6) is 0 Å². The van der Waals surface area contributed by atoms with Gasteiger partial charge in [-0.25, -0.2) is 0 Å². The first-order valence-electron chi connectivity index (χ1n) is 7.87. The molecule has 18 heavy (non-hydrogen) atoms. The highest BCUT2D eigenvalue weighted by Crippen LogP contribution is 2.12. The summed E-state index contributed by atoms with van der Waals surface area (Å²) in [5.41, 5.74) is 0. The van der Waals surface area contributed by atoms with Crippen LogP contribution in [0.2, 0.25) is 0 Å². The summed E-state index contributed by atoms with van der Waals surface area (Å²) in [6.45, 7) is 8.44. The van der Waals surface area contributed by atoms with Crippen molar-refractivity contribution in [1.29, 1.82) is 0 Å². The van der Waals surface area contributed by atoms with Crippen molar-refractivity contribution in [1.82, 2.24) is 10.6 Å². The van der Waals surface area contributed by atoms with E-state index in [4.69, 9.17) is 4.74 Å². The summed E-state index contributed by atoms with van der Waals surface area (Å²) in [6.07, 6.45) is 9.14. The molecule has 0 bridgehead atoms. The van der Waals surface area contributed by atoms with Gasteiger partial charge in [-0.15, -0.1) is 0 Å². The quantitative estimate of drug-likeness (QED) is 0.622. The van der Waals surface area contributed by atoms with E-state index < -0.39 is 0 Å². The first kappa shape index (κ1) is 15.9. The van der Waals surface area contributed by atoms with Gasteiger partial charge in [0.15, 0.2) is 0 Å². The van der Waals surface area contributed by atoms with Gasteiger partial charge in [-0.3, -0.25) is 0 Å². The zero-order chi connectivity index (χ0) is 13.1. The minimum atomic E-state index is 0.593. The third-order valence-corrected chi connectivity index (χ3v) is 3.68. The van der Waals surface area contributed by atoms with Gasteiger partial charge in [0, 0.05) is 25.2 Å². The number of rotatable bonds is 9. The van der Waals surface area contributed by atoms with Gasteiger partial charge in [0.1, 0.15) is 0 Å². The van der Waals surface area contributed by atoms with Gasteiger partial charge in [-0.2, -0.15) is 0 Å². The van der Waals surface area contributed by atoms with Crippen LogP contribution < -0.4 is 10.6 Å². The first-order chi connectivity index (χ1) is 8.83. The molecule has 0 aromatic carbocycles. The van der Waals surface area contributed by atoms with Crippen molar-refractivity contribution >= 4 is 0 Å². The molecule has 3 heteroatoms. The molecule has 1 aliphatic heterocycles. The van der Waals surface area contributed by atoms with E-state index in [1.807, 2.05) is 0 Å². The van der Waals surface area contributed by atoms with Crippen LogP contribution in [0.3, 0.4) is 0 Å². The summed E-state index contributed by atoms with van der Waals surface area (Å²) in [6, 6.07) is 1.31. The monoisotopic (exact) mass is 256 g/mol. The maximum absolute atomic E-state index is 5.56. The zero-order valence-electron chi connectivity index (χ0n) is 12.3. The van der Waals surface area contributed by atoms with Crippen molar-refractivity contribution in [2.24, 2.45) is 0 Å². The molecule has 108 valence electrons. The summed E-state index contributed by atoms with van der Waals surface area (Å²) in [4.78, 5) is 0. The highest BCUT2D eigenvalue weighted by Gasteiger charge is 2.14. The van der Waals surface area contributed by atoms with E-state index in [-0.39, 0.29) is 0 Å². The smallest absolute Gasteiger partial charge is 0.0590 e. The van der Waals surface area contributed by atoms with Crippen molar-refractivity contribution in [3.05, 3.63) is 0 Å². The van der Waals surface area contributed by atoms with Crippen LogP contribution in [-0.4, -0.2) is 38.4 Å². The predicted octanol–water partition coefficient (Wildman–Crippen LogP) is 2.70. The van der Waals surface area contributed by atoms with Crippen molar-refractivity contribution in [2.45, 2.75) is 70.9 Å². The van der Waals surface area contributed by atoms with Gasteiger partial charge in [-0.05, 0) is 39.2 Å². The minimum Gasteiger partial charge on any atom is -0.380 e. The number of ether oxygens (including phenoxy) is 1. The summed E-state index contributed by atoms with van der Waals surface area (Å²) < 4.78 is 5.56. The Bertz CT molecular complexity index is 179. The molecule has 2 atom stereocenters. The standard InChI is InChI=1S/C15H32N2O/c1-3-4-11-18-12-10-16-14(2)13-15-8-6-5-7-9-17-15/h14-17H,3-13H2,1-2H3. The van der Waals surface area contributed by atoms with Crippen molar-refractivity contribution in [3.8, 4) is 0 Å². The second kappa shape index (κ2) is 10.8. The van der Waals surface area contributed by atoms with E-state index in [1.165, 1.54) is 51.5 Å². The maximum Gasteiger partial charge on any atom is 0.0590 e. The average Bonchev–Trinajstić information content (AvgIpc) is 2.62. The van der Waals surface area contributed by atoms with Crippen LogP contribution in [0, 0.1) is 0 Å². The predicted molar refractivity (Wildman–Crippen MR) is 78.1 cm³/mol. The second-order valence-corrected chi connectivity index (χ2v) is 5.56. The Morgan fingerprint density at radius 2 is 2.17 bits per heavy atom. The van der Waals surface area contributed by atoms with Crippen LogP contribution in [0.4, 0.5) is 0 Å². The summed E-state index contributed by atoms with van der Waals surface area (Å²) >= 11 is 0. The molecule has 0 aromatic heterocycles. The highest BCUT2D eigenvalue weighted by atomic mass is 16.5. The molecule has 0 aromatic rings. The van der Waals surface area contributed by atoms with Crippen LogP contribution in [-0.2, 0) is 4.74 Å². The van der Waals surface area contributed by atoms with E-state index in [9.17, 15) is 0 Å². The molecule has 0 aliphatic carbocycles. The van der Waals surface area contributed by atoms with Gasteiger partial charge in [-0.1, -0.05) is 26.2 Å². The van der Waals surface area contributed by atoms with Crippen molar-refractivity contribution in [2.75, 3.05) is 26.3 Å². The Balaban J connectivity index is 1.97. The summed E-state index contributed by atoms with van der Waals surface area (Å²) in [5.74, 6) is 0. The number of nitrogens with one attached hydrogen (secondary N) is 2. The molecule has 1 heterocycles. The second-order valence-electron chi connectivity index (χ2n) is 5.56. The molecule has 0 spiro atoms. The molecule has 2 unspecified atom stereocenters. The lowest BCUT2D eigenvalue weighted by atomic mass is 10.0. The van der Waals surface area contributed by atoms with E-state index in [2.05, 4.69) is 24.5 Å². The van der Waals surface area contributed by atoms with E-state index in [0.29, 0.717) is 6.04 Å². The molecular formula is C15H32N2O. The molecule has 0 saturated carbocycles. The maximum atomic E-state index is 5.56. The average molecular weight is 256 g/mol. The molecule has 1 saturated heterocycles. The van der Waals surface area contributed by atoms with Gasteiger partial charge < -0.3 is 15.4 Å². The third-order valence-electron chi connectivity index (χ3n) is 3.68. The lowest BCUT2D eigenvalue weighted by Crippen LogP contribution is -2.38. The number of unbranched alkanes of at least 4 members (excludes halogenated alkanes) is 1. The van der Waals surface area contributed by atoms with Crippen molar-refractivity contribution in [3.63, 3.8) is 0 Å². The number of hydrogen-bond acceptors (Lipinski definition) is 3. The third kappa shape index (κ3) is 8.06. The largest absolute Gasteiger partial charge is 0.380 e. The van der Waals surface area contributed by atoms with Gasteiger partial charge in [0.25, 0.3) is 0 Å². The lowest BCUT2D eigenvalue weighted by Gasteiger charge is -2.21. The fraction of sp³-hybridized carbons (Fsp3) is 1.00. The Kier molecular flexibility index (Phi) is 9.54. The molecule has 0 radical (unpaired) electrons. The van der Waals surface area contributed by atoms with Crippen LogP contribution in [0.1, 0.15) is 58.8 Å². The molecule has 1 fully saturated rings. The zero-order valence-corrected chi connectivity index (χ0v) is 12.3. The SMILES string of the molecule is CCCCOCCNC(C)CC1CCCCCN1. The van der Waals surface area contributed by atoms with E-state index in [0.717, 1.165) is 25.8 Å². The van der Waals surface area contributed by atoms with E-state index in [1.54, 1.807) is 0 Å². The fourth-order valence-electron chi connectivity index (χ4n) is 2.54. The molecular weight excluding hydrogens is 224 g/mol. The fourth-order valence-corrected chi connectivity index (χ4v) is 2.54. The molecule has 3 nitrogen and oxygen atoms in total. The Labute approximate surface area is 113 Å². The Hall–Kier alpha value is -0.120. The normalized spacial score (nSPS) is 22.7. The molecule has 2 N–H and O–H groups in total. The summed E-state index contributed by atoms with van der Waals surface area (Å²) in [5, 5.41) is 7.22. The van der Waals surface area contributed by atoms with Crippen LogP contribution in [0.25, 0.3) is 0 Å². The number of hydrogen-bond donors (Lipinski definition) is 2. The van der Waals surface area contributed by atoms with Gasteiger partial charge in [0.05, 0.1) is 6.61 Å². The van der Waals surface area contributed by atoms with E-state index >= 15 is 0 Å². The Morgan fingerprint density at radius 3 is 3.00 bits per heavy atom. The van der Waals surface area contributed by atoms with Crippen LogP contribution >= 0.6 is 0 Å². The van der Waals surface area contributed by atoms with Gasteiger partial charge >= 0.3 is 0 Å². The lowest BCUT2D eigenvalue weighted by molar-refractivity contribution is 0.130.